The second kappa shape index (κ2) is 9.53. The zero-order valence-corrected chi connectivity index (χ0v) is 20.8. The molecule has 0 radical (unpaired) electrons. The smallest absolute Gasteiger partial charge is 0.252 e. The lowest BCUT2D eigenvalue weighted by molar-refractivity contribution is -0.119. The van der Waals surface area contributed by atoms with Gasteiger partial charge in [-0.3, -0.25) is 9.69 Å². The van der Waals surface area contributed by atoms with Gasteiger partial charge < -0.3 is 4.74 Å². The highest BCUT2D eigenvalue weighted by Crippen LogP contribution is 2.43. The van der Waals surface area contributed by atoms with Crippen LogP contribution in [0.5, 0.6) is 5.75 Å². The minimum atomic E-state index is -0.315. The Bertz CT molecular complexity index is 1390. The van der Waals surface area contributed by atoms with Crippen molar-refractivity contribution in [3.05, 3.63) is 94.2 Å². The van der Waals surface area contributed by atoms with Gasteiger partial charge in [0.25, 0.3) is 5.95 Å². The number of nitrogens with zero attached hydrogens (tertiary/aromatic N) is 5. The Kier molecular flexibility index (Phi) is 6.26. The first-order valence-corrected chi connectivity index (χ1v) is 12.0. The molecule has 0 spiro atoms. The molecule has 8 heteroatoms. The van der Waals surface area contributed by atoms with Crippen LogP contribution >= 0.6 is 0 Å². The molecule has 1 amide bonds. The number of carbonyl (C=O) groups excluding carboxylic acids is 1. The highest BCUT2D eigenvalue weighted by Gasteiger charge is 2.38. The van der Waals surface area contributed by atoms with Crippen LogP contribution in [-0.4, -0.2) is 32.3 Å². The van der Waals surface area contributed by atoms with Crippen LogP contribution < -0.4 is 9.64 Å². The summed E-state index contributed by atoms with van der Waals surface area (Å²) in [6.07, 6.45) is 0.294. The lowest BCUT2D eigenvalue weighted by Crippen LogP contribution is -2.38. The fourth-order valence-electron chi connectivity index (χ4n) is 4.82. The summed E-state index contributed by atoms with van der Waals surface area (Å²) >= 11 is 0. The van der Waals surface area contributed by atoms with Crippen LogP contribution in [0.4, 0.5) is 10.2 Å². The minimum absolute atomic E-state index is 0.0452. The minimum Gasteiger partial charge on any atom is -0.494 e. The molecule has 5 rings (SSSR count). The van der Waals surface area contributed by atoms with Gasteiger partial charge >= 0.3 is 0 Å². The van der Waals surface area contributed by atoms with Crippen LogP contribution in [-0.2, 0) is 11.3 Å². The first kappa shape index (κ1) is 23.7. The third-order valence-electron chi connectivity index (χ3n) is 6.37. The van der Waals surface area contributed by atoms with Crippen LogP contribution in [0.15, 0.2) is 54.6 Å². The Hall–Kier alpha value is -4.07. The number of ether oxygens (including phenoxy) is 1. The maximum atomic E-state index is 13.7. The summed E-state index contributed by atoms with van der Waals surface area (Å²) in [5, 5.41) is 4.82. The molecule has 0 bridgehead atoms. The molecule has 1 atom stereocenters. The summed E-state index contributed by atoms with van der Waals surface area (Å²) in [6, 6.07) is 16.0. The van der Waals surface area contributed by atoms with Crippen molar-refractivity contribution in [3.63, 3.8) is 0 Å². The van der Waals surface area contributed by atoms with E-state index in [1.54, 1.807) is 21.7 Å². The average Bonchev–Trinajstić information content (AvgIpc) is 3.19. The average molecular weight is 486 g/mol. The Labute approximate surface area is 209 Å². The van der Waals surface area contributed by atoms with Gasteiger partial charge in [-0.25, -0.2) is 14.4 Å². The van der Waals surface area contributed by atoms with Crippen molar-refractivity contribution in [2.75, 3.05) is 11.5 Å². The second-order valence-electron chi connectivity index (χ2n) is 9.05. The molecule has 7 nitrogen and oxygen atoms in total. The predicted octanol–water partition coefficient (Wildman–Crippen LogP) is 5.19. The molecule has 0 saturated heterocycles. The van der Waals surface area contributed by atoms with Gasteiger partial charge in [0.15, 0.2) is 0 Å². The molecule has 2 aromatic carbocycles. The first-order valence-electron chi connectivity index (χ1n) is 12.0. The van der Waals surface area contributed by atoms with Gasteiger partial charge in [0.05, 0.1) is 18.8 Å². The predicted molar refractivity (Wildman–Crippen MR) is 135 cm³/mol. The molecule has 0 saturated carbocycles. The van der Waals surface area contributed by atoms with Gasteiger partial charge in [-0.2, -0.15) is 9.78 Å². The Morgan fingerprint density at radius 1 is 1.00 bits per heavy atom. The molecule has 0 fully saturated rings. The summed E-state index contributed by atoms with van der Waals surface area (Å²) < 4.78 is 20.8. The lowest BCUT2D eigenvalue weighted by atomic mass is 9.85. The molecule has 0 N–H and O–H groups in total. The van der Waals surface area contributed by atoms with Gasteiger partial charge in [0.2, 0.25) is 5.91 Å². The van der Waals surface area contributed by atoms with E-state index in [1.165, 1.54) is 12.1 Å². The van der Waals surface area contributed by atoms with Crippen molar-refractivity contribution < 1.29 is 13.9 Å². The van der Waals surface area contributed by atoms with Crippen molar-refractivity contribution in [2.24, 2.45) is 0 Å². The van der Waals surface area contributed by atoms with E-state index in [4.69, 9.17) is 9.84 Å². The summed E-state index contributed by atoms with van der Waals surface area (Å²) in [5.41, 5.74) is 5.23. The van der Waals surface area contributed by atoms with Crippen molar-refractivity contribution in [1.82, 2.24) is 19.7 Å². The number of halogens is 1. The highest BCUT2D eigenvalue weighted by molar-refractivity contribution is 5.97. The standard InChI is InChI=1S/C28H28FN5O2/c1-5-36-23-12-8-21(9-13-23)24-15-25(35)33(16-20-6-10-22(29)11-7-20)27-26(24)19(4)32-34(27)28-30-17(2)14-18(3)31-28/h6-14,24H,5,15-16H2,1-4H3/t24-/m1/s1. The van der Waals surface area contributed by atoms with Crippen LogP contribution in [0.2, 0.25) is 0 Å². The molecular weight excluding hydrogens is 457 g/mol. The van der Waals surface area contributed by atoms with E-state index < -0.39 is 0 Å². The summed E-state index contributed by atoms with van der Waals surface area (Å²) in [5.74, 6) is 1.32. The number of benzene rings is 2. The number of aromatic nitrogens is 4. The zero-order chi connectivity index (χ0) is 25.4. The van der Waals surface area contributed by atoms with Crippen molar-refractivity contribution in [3.8, 4) is 11.7 Å². The van der Waals surface area contributed by atoms with E-state index in [-0.39, 0.29) is 24.2 Å². The van der Waals surface area contributed by atoms with E-state index >= 15 is 0 Å². The molecule has 2 aromatic heterocycles. The fourth-order valence-corrected chi connectivity index (χ4v) is 4.82. The quantitative estimate of drug-likeness (QED) is 0.376. The third-order valence-corrected chi connectivity index (χ3v) is 6.37. The number of rotatable bonds is 6. The normalized spacial score (nSPS) is 15.2. The Morgan fingerprint density at radius 2 is 1.67 bits per heavy atom. The maximum Gasteiger partial charge on any atom is 0.252 e. The van der Waals surface area contributed by atoms with Gasteiger partial charge in [0.1, 0.15) is 17.4 Å². The highest BCUT2D eigenvalue weighted by atomic mass is 19.1. The van der Waals surface area contributed by atoms with Gasteiger partial charge in [-0.05, 0) is 69.2 Å². The van der Waals surface area contributed by atoms with Crippen molar-refractivity contribution in [1.29, 1.82) is 0 Å². The number of amides is 1. The summed E-state index contributed by atoms with van der Waals surface area (Å²) in [7, 11) is 0. The van der Waals surface area contributed by atoms with E-state index in [1.807, 2.05) is 58.0 Å². The molecular formula is C28H28FN5O2. The number of aryl methyl sites for hydroxylation is 3. The summed E-state index contributed by atoms with van der Waals surface area (Å²) in [4.78, 5) is 24.6. The topological polar surface area (TPSA) is 73.1 Å². The van der Waals surface area contributed by atoms with E-state index in [2.05, 4.69) is 9.97 Å². The lowest BCUT2D eigenvalue weighted by Gasteiger charge is -2.33. The molecule has 4 aromatic rings. The molecule has 36 heavy (non-hydrogen) atoms. The SMILES string of the molecule is CCOc1ccc([C@H]2CC(=O)N(Cc3ccc(F)cc3)c3c2c(C)nn3-c2nc(C)cc(C)n2)cc1. The number of anilines is 1. The van der Waals surface area contributed by atoms with Crippen LogP contribution in [0.25, 0.3) is 5.95 Å². The van der Waals surface area contributed by atoms with Gasteiger partial charge in [0, 0.05) is 29.3 Å². The maximum absolute atomic E-state index is 13.7. The van der Waals surface area contributed by atoms with E-state index in [9.17, 15) is 9.18 Å². The molecule has 1 aliphatic heterocycles. The number of hydrogen-bond donors (Lipinski definition) is 0. The Balaban J connectivity index is 1.66. The second-order valence-corrected chi connectivity index (χ2v) is 9.05. The van der Waals surface area contributed by atoms with Crippen LogP contribution in [0, 0.1) is 26.6 Å². The summed E-state index contributed by atoms with van der Waals surface area (Å²) in [6.45, 7) is 8.59. The molecule has 0 aliphatic carbocycles. The molecule has 1 aliphatic rings. The van der Waals surface area contributed by atoms with Crippen molar-refractivity contribution in [2.45, 2.75) is 46.6 Å². The Morgan fingerprint density at radius 3 is 2.31 bits per heavy atom. The van der Waals surface area contributed by atoms with E-state index in [0.29, 0.717) is 24.8 Å². The van der Waals surface area contributed by atoms with E-state index in [0.717, 1.165) is 39.5 Å². The fraction of sp³-hybridized carbons (Fsp3) is 0.286. The largest absolute Gasteiger partial charge is 0.494 e. The number of carbonyl (C=O) groups is 1. The molecule has 3 heterocycles. The zero-order valence-electron chi connectivity index (χ0n) is 20.8. The van der Waals surface area contributed by atoms with Gasteiger partial charge in [-0.1, -0.05) is 24.3 Å². The van der Waals surface area contributed by atoms with Gasteiger partial charge in [-0.15, -0.1) is 0 Å². The van der Waals surface area contributed by atoms with Crippen LogP contribution in [0.1, 0.15) is 53.0 Å². The van der Waals surface area contributed by atoms with Crippen molar-refractivity contribution >= 4 is 11.7 Å². The number of fused-ring (bicyclic) bond motifs is 1. The molecule has 184 valence electrons. The third kappa shape index (κ3) is 4.46. The first-order chi connectivity index (χ1) is 17.3. The van der Waals surface area contributed by atoms with Crippen LogP contribution in [0.3, 0.4) is 0 Å². The molecule has 0 unspecified atom stereocenters. The number of hydrogen-bond acceptors (Lipinski definition) is 5. The monoisotopic (exact) mass is 485 g/mol.